The molecule has 0 saturated heterocycles. The van der Waals surface area contributed by atoms with Crippen LogP contribution in [-0.4, -0.2) is 31.8 Å². The molecule has 4 rings (SSSR count). The number of carbonyl (C=O) groups is 1. The van der Waals surface area contributed by atoms with Crippen LogP contribution in [0, 0.1) is 0 Å². The van der Waals surface area contributed by atoms with Crippen molar-refractivity contribution in [3.05, 3.63) is 78.9 Å². The number of benzene rings is 3. The van der Waals surface area contributed by atoms with E-state index >= 15 is 0 Å². The first-order valence-corrected chi connectivity index (χ1v) is 9.21. The molecule has 1 heterocycles. The molecule has 3 aromatic rings. The molecule has 5 heteroatoms. The molecule has 5 nitrogen and oxygen atoms in total. The minimum Gasteiger partial charge on any atom is -0.486 e. The third-order valence-corrected chi connectivity index (χ3v) is 4.43. The zero-order valence-corrected chi connectivity index (χ0v) is 15.3. The van der Waals surface area contributed by atoms with Crippen molar-refractivity contribution in [2.45, 2.75) is 6.10 Å². The van der Waals surface area contributed by atoms with Crippen molar-refractivity contribution in [2.24, 2.45) is 0 Å². The summed E-state index contributed by atoms with van der Waals surface area (Å²) < 4.78 is 17.0. The summed E-state index contributed by atoms with van der Waals surface area (Å²) in [6, 6.07) is 25.3. The van der Waals surface area contributed by atoms with Crippen LogP contribution in [0.5, 0.6) is 17.2 Å². The molecule has 1 N–H and O–H groups in total. The topological polar surface area (TPSA) is 56.8 Å². The zero-order chi connectivity index (χ0) is 19.2. The molecule has 1 aliphatic rings. The maximum atomic E-state index is 12.1. The number of hydrogen-bond acceptors (Lipinski definition) is 4. The molecule has 142 valence electrons. The second-order valence-corrected chi connectivity index (χ2v) is 6.48. The van der Waals surface area contributed by atoms with Gasteiger partial charge in [0.25, 0.3) is 5.91 Å². The highest BCUT2D eigenvalue weighted by molar-refractivity contribution is 5.77. The number of rotatable bonds is 6. The Hall–Kier alpha value is -3.47. The Morgan fingerprint density at radius 2 is 1.57 bits per heavy atom. The Balaban J connectivity index is 1.23. The monoisotopic (exact) mass is 375 g/mol. The second kappa shape index (κ2) is 8.48. The first-order valence-electron chi connectivity index (χ1n) is 9.21. The van der Waals surface area contributed by atoms with Crippen LogP contribution in [0.4, 0.5) is 0 Å². The summed E-state index contributed by atoms with van der Waals surface area (Å²) in [4.78, 5) is 12.1. The highest BCUT2D eigenvalue weighted by Crippen LogP contribution is 2.30. The Morgan fingerprint density at radius 1 is 0.893 bits per heavy atom. The van der Waals surface area contributed by atoms with Crippen LogP contribution in [0.1, 0.15) is 0 Å². The van der Waals surface area contributed by atoms with Crippen LogP contribution in [0.2, 0.25) is 0 Å². The molecule has 3 aromatic carbocycles. The summed E-state index contributed by atoms with van der Waals surface area (Å²) in [6.45, 7) is 0.720. The van der Waals surface area contributed by atoms with Gasteiger partial charge in [-0.1, -0.05) is 54.6 Å². The average molecular weight is 375 g/mol. The Morgan fingerprint density at radius 3 is 2.36 bits per heavy atom. The lowest BCUT2D eigenvalue weighted by Gasteiger charge is -2.26. The number of para-hydroxylation sites is 2. The standard InChI is InChI=1S/C23H21NO4/c25-23(24-14-20-15-27-21-8-4-5-9-22(21)28-20)16-26-19-12-10-18(11-13-19)17-6-2-1-3-7-17/h1-13,20H,14-16H2,(H,24,25)/t20-/m0/s1. The third kappa shape index (κ3) is 4.43. The van der Waals surface area contributed by atoms with Gasteiger partial charge in [-0.25, -0.2) is 0 Å². The van der Waals surface area contributed by atoms with E-state index in [1.165, 1.54) is 0 Å². The van der Waals surface area contributed by atoms with Crippen LogP contribution >= 0.6 is 0 Å². The van der Waals surface area contributed by atoms with E-state index < -0.39 is 0 Å². The largest absolute Gasteiger partial charge is 0.486 e. The van der Waals surface area contributed by atoms with Crippen LogP contribution in [0.15, 0.2) is 78.9 Å². The molecule has 0 spiro atoms. The fourth-order valence-electron chi connectivity index (χ4n) is 2.97. The van der Waals surface area contributed by atoms with Crippen LogP contribution in [-0.2, 0) is 4.79 Å². The molecule has 1 aliphatic heterocycles. The highest BCUT2D eigenvalue weighted by Gasteiger charge is 2.21. The second-order valence-electron chi connectivity index (χ2n) is 6.48. The van der Waals surface area contributed by atoms with Gasteiger partial charge in [0.1, 0.15) is 18.5 Å². The summed E-state index contributed by atoms with van der Waals surface area (Å²) in [5.74, 6) is 1.88. The molecular formula is C23H21NO4. The molecule has 0 aliphatic carbocycles. The van der Waals surface area contributed by atoms with Gasteiger partial charge in [-0.2, -0.15) is 0 Å². The van der Waals surface area contributed by atoms with Gasteiger partial charge in [0.05, 0.1) is 6.54 Å². The molecule has 0 radical (unpaired) electrons. The lowest BCUT2D eigenvalue weighted by atomic mass is 10.1. The van der Waals surface area contributed by atoms with Crippen LogP contribution in [0.3, 0.4) is 0 Å². The van der Waals surface area contributed by atoms with E-state index in [-0.39, 0.29) is 18.6 Å². The Bertz CT molecular complexity index is 925. The summed E-state index contributed by atoms with van der Waals surface area (Å²) in [5, 5.41) is 2.82. The number of carbonyl (C=O) groups excluding carboxylic acids is 1. The van der Waals surface area contributed by atoms with Gasteiger partial charge in [0.2, 0.25) is 0 Å². The van der Waals surface area contributed by atoms with Gasteiger partial charge in [0, 0.05) is 0 Å². The number of fused-ring (bicyclic) bond motifs is 1. The van der Waals surface area contributed by atoms with E-state index in [0.717, 1.165) is 16.9 Å². The van der Waals surface area contributed by atoms with E-state index in [1.54, 1.807) is 0 Å². The number of hydrogen-bond donors (Lipinski definition) is 1. The fourth-order valence-corrected chi connectivity index (χ4v) is 2.97. The smallest absolute Gasteiger partial charge is 0.258 e. The van der Waals surface area contributed by atoms with E-state index in [1.807, 2.05) is 66.7 Å². The molecular weight excluding hydrogens is 354 g/mol. The number of nitrogens with one attached hydrogen (secondary N) is 1. The van der Waals surface area contributed by atoms with Crippen molar-refractivity contribution < 1.29 is 19.0 Å². The minimum atomic E-state index is -0.219. The SMILES string of the molecule is O=C(COc1ccc(-c2ccccc2)cc1)NC[C@H]1COc2ccccc2O1. The predicted octanol–water partition coefficient (Wildman–Crippen LogP) is 3.69. The molecule has 0 unspecified atom stereocenters. The summed E-state index contributed by atoms with van der Waals surface area (Å²) in [7, 11) is 0. The van der Waals surface area contributed by atoms with Gasteiger partial charge < -0.3 is 19.5 Å². The average Bonchev–Trinajstić information content (AvgIpc) is 2.77. The Kier molecular flexibility index (Phi) is 5.43. The van der Waals surface area contributed by atoms with Gasteiger partial charge in [-0.3, -0.25) is 4.79 Å². The molecule has 0 bridgehead atoms. The summed E-state index contributed by atoms with van der Waals surface area (Å²) >= 11 is 0. The molecule has 28 heavy (non-hydrogen) atoms. The van der Waals surface area contributed by atoms with Crippen molar-refractivity contribution in [3.63, 3.8) is 0 Å². The number of amides is 1. The van der Waals surface area contributed by atoms with Crippen molar-refractivity contribution in [1.29, 1.82) is 0 Å². The maximum absolute atomic E-state index is 12.1. The lowest BCUT2D eigenvalue weighted by Crippen LogP contribution is -2.42. The maximum Gasteiger partial charge on any atom is 0.258 e. The first-order chi connectivity index (χ1) is 13.8. The van der Waals surface area contributed by atoms with Gasteiger partial charge in [-0.05, 0) is 35.4 Å². The minimum absolute atomic E-state index is 0.0468. The van der Waals surface area contributed by atoms with Crippen LogP contribution in [0.25, 0.3) is 11.1 Å². The van der Waals surface area contributed by atoms with E-state index in [4.69, 9.17) is 14.2 Å². The van der Waals surface area contributed by atoms with E-state index in [0.29, 0.717) is 24.7 Å². The van der Waals surface area contributed by atoms with Gasteiger partial charge in [-0.15, -0.1) is 0 Å². The van der Waals surface area contributed by atoms with Gasteiger partial charge >= 0.3 is 0 Å². The lowest BCUT2D eigenvalue weighted by molar-refractivity contribution is -0.123. The normalized spacial score (nSPS) is 14.9. The summed E-state index contributed by atoms with van der Waals surface area (Å²) in [5.41, 5.74) is 2.25. The fraction of sp³-hybridized carbons (Fsp3) is 0.174. The molecule has 1 atom stereocenters. The molecule has 0 aromatic heterocycles. The van der Waals surface area contributed by atoms with Gasteiger partial charge in [0.15, 0.2) is 18.1 Å². The summed E-state index contributed by atoms with van der Waals surface area (Å²) in [6.07, 6.45) is -0.219. The number of ether oxygens (including phenoxy) is 3. The predicted molar refractivity (Wildman–Crippen MR) is 107 cm³/mol. The molecule has 1 amide bonds. The molecule has 0 saturated carbocycles. The van der Waals surface area contributed by atoms with Crippen molar-refractivity contribution in [3.8, 4) is 28.4 Å². The van der Waals surface area contributed by atoms with Crippen LogP contribution < -0.4 is 19.5 Å². The first kappa shape index (κ1) is 17.9. The Labute approximate surface area is 163 Å². The zero-order valence-electron chi connectivity index (χ0n) is 15.3. The third-order valence-electron chi connectivity index (χ3n) is 4.43. The highest BCUT2D eigenvalue weighted by atomic mass is 16.6. The van der Waals surface area contributed by atoms with E-state index in [2.05, 4.69) is 17.4 Å². The molecule has 0 fully saturated rings. The van der Waals surface area contributed by atoms with E-state index in [9.17, 15) is 4.79 Å². The van der Waals surface area contributed by atoms with Crippen molar-refractivity contribution >= 4 is 5.91 Å². The van der Waals surface area contributed by atoms with Crippen molar-refractivity contribution in [2.75, 3.05) is 19.8 Å². The quantitative estimate of drug-likeness (QED) is 0.714. The van der Waals surface area contributed by atoms with Crippen molar-refractivity contribution in [1.82, 2.24) is 5.32 Å².